The third kappa shape index (κ3) is 9.41. The summed E-state index contributed by atoms with van der Waals surface area (Å²) >= 11 is 0. The number of hydrogen-bond acceptors (Lipinski definition) is 5. The highest BCUT2D eigenvalue weighted by Gasteiger charge is 2.06. The number of nitrogens with one attached hydrogen (secondary N) is 2. The highest BCUT2D eigenvalue weighted by atomic mass is 16.1. The van der Waals surface area contributed by atoms with Gasteiger partial charge >= 0.3 is 0 Å². The minimum absolute atomic E-state index is 0.154. The predicted molar refractivity (Wildman–Crippen MR) is 134 cm³/mol. The highest BCUT2D eigenvalue weighted by molar-refractivity contribution is 6.03. The van der Waals surface area contributed by atoms with Crippen LogP contribution in [0.15, 0.2) is 53.4 Å². The van der Waals surface area contributed by atoms with Crippen LogP contribution in [0, 0.1) is 6.92 Å². The summed E-state index contributed by atoms with van der Waals surface area (Å²) in [5, 5.41) is 6.31. The van der Waals surface area contributed by atoms with Crippen LogP contribution >= 0.6 is 0 Å². The molecule has 6 nitrogen and oxygen atoms in total. The van der Waals surface area contributed by atoms with Crippen molar-refractivity contribution in [2.75, 3.05) is 17.2 Å². The third-order valence-electron chi connectivity index (χ3n) is 5.23. The first-order chi connectivity index (χ1) is 15.5. The van der Waals surface area contributed by atoms with Gasteiger partial charge in [-0.3, -0.25) is 9.79 Å². The molecule has 0 aliphatic carbocycles. The van der Waals surface area contributed by atoms with Crippen molar-refractivity contribution in [2.45, 2.75) is 72.6 Å². The van der Waals surface area contributed by atoms with Crippen LogP contribution in [0.2, 0.25) is 0 Å². The fourth-order valence-electron chi connectivity index (χ4n) is 3.22. The molecular weight excluding hydrogens is 398 g/mol. The molecule has 0 bridgehead atoms. The lowest BCUT2D eigenvalue weighted by Crippen LogP contribution is -2.13. The smallest absolute Gasteiger partial charge is 0.252 e. The van der Waals surface area contributed by atoms with Gasteiger partial charge in [-0.15, -0.1) is 0 Å². The fourth-order valence-corrected chi connectivity index (χ4v) is 3.22. The summed E-state index contributed by atoms with van der Waals surface area (Å²) in [6.45, 7) is 8.83. The van der Waals surface area contributed by atoms with Crippen LogP contribution in [0.25, 0.3) is 0 Å². The summed E-state index contributed by atoms with van der Waals surface area (Å²) in [4.78, 5) is 25.5. The Kier molecular flexibility index (Phi) is 11.1. The van der Waals surface area contributed by atoms with E-state index in [4.69, 9.17) is 0 Å². The van der Waals surface area contributed by atoms with E-state index in [9.17, 15) is 4.79 Å². The van der Waals surface area contributed by atoms with Gasteiger partial charge in [0.1, 0.15) is 12.1 Å². The quantitative estimate of drug-likeness (QED) is 0.226. The summed E-state index contributed by atoms with van der Waals surface area (Å²) in [5.41, 5.74) is 4.18. The molecule has 1 aromatic carbocycles. The lowest BCUT2D eigenvalue weighted by molar-refractivity contribution is -0.112. The molecule has 0 saturated heterocycles. The number of carbonyl (C=O) groups is 1. The largest absolute Gasteiger partial charge is 0.370 e. The van der Waals surface area contributed by atoms with E-state index in [0.29, 0.717) is 12.0 Å². The lowest BCUT2D eigenvalue weighted by Gasteiger charge is -2.08. The highest BCUT2D eigenvalue weighted by Crippen LogP contribution is 2.14. The number of amides is 1. The standard InChI is InChI=1S/C26H37N5O/c1-5-6-7-8-9-12-15-27-25-17-23(29-19-30-25)16-22(4)28-18-21(3)26(32)31-24-14-11-10-13-20(24)2/h10-11,13-14,17-19H,5-9,12,15-16H2,1-4H3,(H,31,32)(H,27,29,30)/b21-18+,28-22?. The van der Waals surface area contributed by atoms with Crippen molar-refractivity contribution in [3.05, 3.63) is 59.7 Å². The van der Waals surface area contributed by atoms with Gasteiger partial charge in [-0.05, 0) is 38.8 Å². The molecule has 1 amide bonds. The molecule has 0 fully saturated rings. The van der Waals surface area contributed by atoms with Crippen LogP contribution in [0.5, 0.6) is 0 Å². The van der Waals surface area contributed by atoms with Gasteiger partial charge in [0.15, 0.2) is 0 Å². The Morgan fingerprint density at radius 2 is 1.81 bits per heavy atom. The SMILES string of the molecule is CCCCCCCCNc1cc(CC(C)=N/C=C(\C)C(=O)Nc2ccccc2C)ncn1. The molecule has 0 atom stereocenters. The maximum absolute atomic E-state index is 12.4. The van der Waals surface area contributed by atoms with Crippen molar-refractivity contribution < 1.29 is 4.79 Å². The van der Waals surface area contributed by atoms with Crippen LogP contribution in [0.4, 0.5) is 11.5 Å². The molecule has 0 aliphatic heterocycles. The molecule has 6 heteroatoms. The van der Waals surface area contributed by atoms with Gasteiger partial charge < -0.3 is 10.6 Å². The number of hydrogen-bond donors (Lipinski definition) is 2. The van der Waals surface area contributed by atoms with Gasteiger partial charge in [-0.2, -0.15) is 0 Å². The van der Waals surface area contributed by atoms with Gasteiger partial charge in [0.2, 0.25) is 0 Å². The number of para-hydroxylation sites is 1. The Bertz CT molecular complexity index is 920. The molecule has 1 aromatic heterocycles. The number of benzene rings is 1. The van der Waals surface area contributed by atoms with E-state index in [0.717, 1.165) is 41.4 Å². The Balaban J connectivity index is 1.83. The number of carbonyl (C=O) groups excluding carboxylic acids is 1. The van der Waals surface area contributed by atoms with Crippen molar-refractivity contribution in [3.8, 4) is 0 Å². The maximum atomic E-state index is 12.4. The third-order valence-corrected chi connectivity index (χ3v) is 5.23. The Morgan fingerprint density at radius 3 is 2.59 bits per heavy atom. The Morgan fingerprint density at radius 1 is 1.06 bits per heavy atom. The summed E-state index contributed by atoms with van der Waals surface area (Å²) in [6.07, 6.45) is 11.4. The van der Waals surface area contributed by atoms with Crippen LogP contribution in [0.3, 0.4) is 0 Å². The van der Waals surface area contributed by atoms with Gasteiger partial charge in [-0.25, -0.2) is 9.97 Å². The lowest BCUT2D eigenvalue weighted by atomic mass is 10.1. The van der Waals surface area contributed by atoms with E-state index >= 15 is 0 Å². The number of nitrogens with zero attached hydrogens (tertiary/aromatic N) is 3. The summed E-state index contributed by atoms with van der Waals surface area (Å²) < 4.78 is 0. The number of aryl methyl sites for hydroxylation is 1. The molecule has 172 valence electrons. The average molecular weight is 436 g/mol. The normalized spacial score (nSPS) is 12.0. The van der Waals surface area contributed by atoms with Crippen molar-refractivity contribution in [2.24, 2.45) is 4.99 Å². The van der Waals surface area contributed by atoms with E-state index in [1.165, 1.54) is 32.1 Å². The van der Waals surface area contributed by atoms with E-state index in [1.807, 2.05) is 44.2 Å². The number of aliphatic imine (C=N–C) groups is 1. The summed E-state index contributed by atoms with van der Waals surface area (Å²) in [7, 11) is 0. The molecule has 0 aliphatic rings. The number of aromatic nitrogens is 2. The zero-order chi connectivity index (χ0) is 23.2. The second kappa shape index (κ2) is 14.1. The predicted octanol–water partition coefficient (Wildman–Crippen LogP) is 6.10. The van der Waals surface area contributed by atoms with Gasteiger partial charge in [0.05, 0.1) is 5.69 Å². The van der Waals surface area contributed by atoms with Gasteiger partial charge in [0, 0.05) is 42.2 Å². The molecule has 0 spiro atoms. The minimum atomic E-state index is -0.154. The molecule has 1 heterocycles. The van der Waals surface area contributed by atoms with Crippen LogP contribution in [-0.4, -0.2) is 28.1 Å². The number of rotatable bonds is 13. The number of anilines is 2. The van der Waals surface area contributed by atoms with Crippen LogP contribution < -0.4 is 10.6 Å². The molecule has 0 unspecified atom stereocenters. The van der Waals surface area contributed by atoms with Gasteiger partial charge in [-0.1, -0.05) is 57.2 Å². The zero-order valence-corrected chi connectivity index (χ0v) is 19.9. The van der Waals surface area contributed by atoms with Crippen LogP contribution in [-0.2, 0) is 11.2 Å². The van der Waals surface area contributed by atoms with E-state index in [2.05, 4.69) is 32.5 Å². The Labute approximate surface area is 192 Å². The first-order valence-electron chi connectivity index (χ1n) is 11.6. The van der Waals surface area contributed by atoms with Crippen molar-refractivity contribution in [3.63, 3.8) is 0 Å². The average Bonchev–Trinajstić information content (AvgIpc) is 2.78. The van der Waals surface area contributed by atoms with Crippen LogP contribution in [0.1, 0.15) is 70.6 Å². The summed E-state index contributed by atoms with van der Waals surface area (Å²) in [6, 6.07) is 9.68. The first-order valence-corrected chi connectivity index (χ1v) is 11.6. The molecule has 2 rings (SSSR count). The second-order valence-electron chi connectivity index (χ2n) is 8.21. The van der Waals surface area contributed by atoms with Crippen molar-refractivity contribution in [1.82, 2.24) is 9.97 Å². The number of unbranched alkanes of at least 4 members (excludes halogenated alkanes) is 5. The molecule has 0 radical (unpaired) electrons. The van der Waals surface area contributed by atoms with Crippen molar-refractivity contribution >= 4 is 23.1 Å². The molecule has 2 aromatic rings. The maximum Gasteiger partial charge on any atom is 0.252 e. The fraction of sp³-hybridized carbons (Fsp3) is 0.462. The van der Waals surface area contributed by atoms with Crippen molar-refractivity contribution in [1.29, 1.82) is 0 Å². The molecule has 2 N–H and O–H groups in total. The Hall–Kier alpha value is -3.02. The monoisotopic (exact) mass is 435 g/mol. The van der Waals surface area contributed by atoms with Gasteiger partial charge in [0.25, 0.3) is 5.91 Å². The minimum Gasteiger partial charge on any atom is -0.370 e. The second-order valence-corrected chi connectivity index (χ2v) is 8.21. The first kappa shape index (κ1) is 25.2. The molecule has 0 saturated carbocycles. The molecular formula is C26H37N5O. The topological polar surface area (TPSA) is 79.3 Å². The van der Waals surface area contributed by atoms with E-state index in [-0.39, 0.29) is 5.91 Å². The van der Waals surface area contributed by atoms with E-state index in [1.54, 1.807) is 19.5 Å². The zero-order valence-electron chi connectivity index (χ0n) is 19.9. The molecule has 32 heavy (non-hydrogen) atoms. The van der Waals surface area contributed by atoms with E-state index < -0.39 is 0 Å². The summed E-state index contributed by atoms with van der Waals surface area (Å²) in [5.74, 6) is 0.694.